The lowest BCUT2D eigenvalue weighted by molar-refractivity contribution is -0.121. The zero-order valence-corrected chi connectivity index (χ0v) is 11.3. The summed E-state index contributed by atoms with van der Waals surface area (Å²) in [4.78, 5) is 17.3. The van der Waals surface area contributed by atoms with Gasteiger partial charge < -0.3 is 9.47 Å². The number of hydrogen-bond donors (Lipinski definition) is 1. The van der Waals surface area contributed by atoms with Gasteiger partial charge in [-0.3, -0.25) is 10.1 Å². The number of ether oxygens (including phenoxy) is 2. The zero-order valence-electron chi connectivity index (χ0n) is 10.5. The Balaban J connectivity index is 1.78. The number of aryl methyl sites for hydroxylation is 2. The second-order valence-corrected chi connectivity index (χ2v) is 5.27. The molecule has 0 unspecified atom stereocenters. The van der Waals surface area contributed by atoms with E-state index in [2.05, 4.69) is 10.3 Å². The van der Waals surface area contributed by atoms with E-state index in [1.807, 2.05) is 0 Å². The van der Waals surface area contributed by atoms with Gasteiger partial charge in [-0.2, -0.15) is 0 Å². The maximum atomic E-state index is 11.6. The minimum atomic E-state index is -0.155. The fraction of sp³-hybridized carbons (Fsp3) is 0.667. The molecule has 18 heavy (non-hydrogen) atoms. The fourth-order valence-corrected chi connectivity index (χ4v) is 2.93. The summed E-state index contributed by atoms with van der Waals surface area (Å²) in [5.41, 5.74) is 1.15. The van der Waals surface area contributed by atoms with Gasteiger partial charge in [0.25, 0.3) is 5.91 Å². The summed E-state index contributed by atoms with van der Waals surface area (Å²) in [6.07, 6.45) is 4.55. The molecule has 0 fully saturated rings. The number of aromatic nitrogens is 1. The summed E-state index contributed by atoms with van der Waals surface area (Å²) in [5.74, 6) is -0.155. The van der Waals surface area contributed by atoms with Gasteiger partial charge in [0.1, 0.15) is 6.61 Å². The molecular formula is C12H18N2O3S. The number of carbonyl (C=O) groups excluding carboxylic acids is 1. The van der Waals surface area contributed by atoms with Crippen LogP contribution in [0.1, 0.15) is 23.4 Å². The summed E-state index contributed by atoms with van der Waals surface area (Å²) in [7, 11) is 1.60. The second-order valence-electron chi connectivity index (χ2n) is 4.19. The topological polar surface area (TPSA) is 60.5 Å². The molecule has 0 spiro atoms. The van der Waals surface area contributed by atoms with Crippen LogP contribution in [0.5, 0.6) is 0 Å². The molecular weight excluding hydrogens is 252 g/mol. The van der Waals surface area contributed by atoms with E-state index in [9.17, 15) is 4.79 Å². The lowest BCUT2D eigenvalue weighted by Crippen LogP contribution is -2.19. The zero-order chi connectivity index (χ0) is 12.8. The van der Waals surface area contributed by atoms with E-state index < -0.39 is 0 Å². The summed E-state index contributed by atoms with van der Waals surface area (Å²) in [5, 5.41) is 3.48. The minimum Gasteiger partial charge on any atom is -0.382 e. The van der Waals surface area contributed by atoms with Crippen molar-refractivity contribution in [1.82, 2.24) is 4.98 Å². The van der Waals surface area contributed by atoms with Gasteiger partial charge in [-0.15, -0.1) is 11.3 Å². The highest BCUT2D eigenvalue weighted by Gasteiger charge is 2.16. The van der Waals surface area contributed by atoms with Crippen LogP contribution in [-0.2, 0) is 27.1 Å². The molecule has 0 bridgehead atoms. The van der Waals surface area contributed by atoms with Gasteiger partial charge in [0.05, 0.1) is 18.9 Å². The SMILES string of the molecule is COCCOCC(=O)Nc1nc2c(s1)CCCC2. The number of nitrogens with zero attached hydrogens (tertiary/aromatic N) is 1. The van der Waals surface area contributed by atoms with Crippen molar-refractivity contribution >= 4 is 22.4 Å². The highest BCUT2D eigenvalue weighted by atomic mass is 32.1. The summed E-state index contributed by atoms with van der Waals surface area (Å²) >= 11 is 1.58. The Kier molecular flexibility index (Phi) is 5.10. The number of anilines is 1. The van der Waals surface area contributed by atoms with Gasteiger partial charge in [0.15, 0.2) is 5.13 Å². The van der Waals surface area contributed by atoms with E-state index in [0.29, 0.717) is 18.3 Å². The Morgan fingerprint density at radius 2 is 2.22 bits per heavy atom. The smallest absolute Gasteiger partial charge is 0.252 e. The first-order chi connectivity index (χ1) is 8.79. The molecule has 1 aliphatic carbocycles. The van der Waals surface area contributed by atoms with Gasteiger partial charge >= 0.3 is 0 Å². The van der Waals surface area contributed by atoms with Crippen molar-refractivity contribution in [2.75, 3.05) is 32.2 Å². The molecule has 100 valence electrons. The van der Waals surface area contributed by atoms with Crippen LogP contribution in [0.3, 0.4) is 0 Å². The van der Waals surface area contributed by atoms with Crippen LogP contribution in [0.2, 0.25) is 0 Å². The third-order valence-electron chi connectivity index (χ3n) is 2.76. The molecule has 1 aromatic heterocycles. The van der Waals surface area contributed by atoms with E-state index in [0.717, 1.165) is 18.5 Å². The summed E-state index contributed by atoms with van der Waals surface area (Å²) in [6.45, 7) is 0.977. The standard InChI is InChI=1S/C12H18N2O3S/c1-16-6-7-17-8-11(15)14-12-13-9-4-2-3-5-10(9)18-12/h2-8H2,1H3,(H,13,14,15). The lowest BCUT2D eigenvalue weighted by atomic mass is 10.0. The summed E-state index contributed by atoms with van der Waals surface area (Å²) < 4.78 is 9.98. The Labute approximate surface area is 111 Å². The molecule has 0 saturated heterocycles. The molecule has 0 aliphatic heterocycles. The number of nitrogens with one attached hydrogen (secondary N) is 1. The molecule has 0 saturated carbocycles. The molecule has 1 heterocycles. The minimum absolute atomic E-state index is 0.0492. The number of carbonyl (C=O) groups is 1. The Morgan fingerprint density at radius 3 is 3.00 bits per heavy atom. The number of methoxy groups -OCH3 is 1. The van der Waals surface area contributed by atoms with Crippen molar-refractivity contribution in [3.05, 3.63) is 10.6 Å². The maximum absolute atomic E-state index is 11.6. The first-order valence-electron chi connectivity index (χ1n) is 6.14. The monoisotopic (exact) mass is 270 g/mol. The largest absolute Gasteiger partial charge is 0.382 e. The van der Waals surface area contributed by atoms with Crippen LogP contribution < -0.4 is 5.32 Å². The van der Waals surface area contributed by atoms with E-state index in [1.54, 1.807) is 18.4 Å². The molecule has 0 atom stereocenters. The number of fused-ring (bicyclic) bond motifs is 1. The van der Waals surface area contributed by atoms with Crippen LogP contribution in [0.4, 0.5) is 5.13 Å². The predicted molar refractivity (Wildman–Crippen MR) is 70.1 cm³/mol. The highest BCUT2D eigenvalue weighted by molar-refractivity contribution is 7.15. The van der Waals surface area contributed by atoms with Crippen molar-refractivity contribution in [2.45, 2.75) is 25.7 Å². The third kappa shape index (κ3) is 3.76. The third-order valence-corrected chi connectivity index (χ3v) is 3.83. The van der Waals surface area contributed by atoms with Crippen molar-refractivity contribution in [3.63, 3.8) is 0 Å². The second kappa shape index (κ2) is 6.82. The van der Waals surface area contributed by atoms with E-state index in [-0.39, 0.29) is 12.5 Å². The number of thiazole rings is 1. The van der Waals surface area contributed by atoms with Crippen molar-refractivity contribution in [3.8, 4) is 0 Å². The quantitative estimate of drug-likeness (QED) is 0.798. The molecule has 0 radical (unpaired) electrons. The van der Waals surface area contributed by atoms with Gasteiger partial charge in [-0.05, 0) is 25.7 Å². The highest BCUT2D eigenvalue weighted by Crippen LogP contribution is 2.29. The average Bonchev–Trinajstić information content (AvgIpc) is 2.76. The van der Waals surface area contributed by atoms with E-state index in [4.69, 9.17) is 9.47 Å². The molecule has 0 aromatic carbocycles. The van der Waals surface area contributed by atoms with Crippen LogP contribution in [0.15, 0.2) is 0 Å². The first-order valence-corrected chi connectivity index (χ1v) is 6.96. The van der Waals surface area contributed by atoms with Gasteiger partial charge in [-0.25, -0.2) is 4.98 Å². The predicted octanol–water partition coefficient (Wildman–Crippen LogP) is 1.62. The summed E-state index contributed by atoms with van der Waals surface area (Å²) in [6, 6.07) is 0. The normalized spacial score (nSPS) is 14.3. The first kappa shape index (κ1) is 13.5. The lowest BCUT2D eigenvalue weighted by Gasteiger charge is -2.06. The fourth-order valence-electron chi connectivity index (χ4n) is 1.87. The molecule has 1 N–H and O–H groups in total. The van der Waals surface area contributed by atoms with E-state index >= 15 is 0 Å². The van der Waals surface area contributed by atoms with Crippen molar-refractivity contribution < 1.29 is 14.3 Å². The maximum Gasteiger partial charge on any atom is 0.252 e. The van der Waals surface area contributed by atoms with Gasteiger partial charge in [-0.1, -0.05) is 0 Å². The molecule has 1 amide bonds. The molecule has 6 heteroatoms. The van der Waals surface area contributed by atoms with Crippen molar-refractivity contribution in [2.24, 2.45) is 0 Å². The van der Waals surface area contributed by atoms with Crippen LogP contribution in [-0.4, -0.2) is 37.8 Å². The van der Waals surface area contributed by atoms with Gasteiger partial charge in [0, 0.05) is 12.0 Å². The Morgan fingerprint density at radius 1 is 1.39 bits per heavy atom. The number of rotatable bonds is 6. The molecule has 1 aliphatic rings. The van der Waals surface area contributed by atoms with Gasteiger partial charge in [0.2, 0.25) is 0 Å². The molecule has 1 aromatic rings. The van der Waals surface area contributed by atoms with Crippen LogP contribution in [0, 0.1) is 0 Å². The Hall–Kier alpha value is -0.980. The van der Waals surface area contributed by atoms with Crippen LogP contribution in [0.25, 0.3) is 0 Å². The molecule has 5 nitrogen and oxygen atoms in total. The average molecular weight is 270 g/mol. The van der Waals surface area contributed by atoms with Crippen molar-refractivity contribution in [1.29, 1.82) is 0 Å². The van der Waals surface area contributed by atoms with E-state index in [1.165, 1.54) is 17.7 Å². The Bertz CT molecular complexity index is 383. The number of hydrogen-bond acceptors (Lipinski definition) is 5. The number of amides is 1. The van der Waals surface area contributed by atoms with Crippen LogP contribution >= 0.6 is 11.3 Å². The molecule has 2 rings (SSSR count).